The lowest BCUT2D eigenvalue weighted by atomic mass is 10.3. The van der Waals surface area contributed by atoms with Crippen molar-refractivity contribution >= 4 is 0 Å². The lowest BCUT2D eigenvalue weighted by Crippen LogP contribution is -2.20. The molecule has 0 aliphatic carbocycles. The lowest BCUT2D eigenvalue weighted by Gasteiger charge is -2.16. The van der Waals surface area contributed by atoms with Crippen LogP contribution in [0.4, 0.5) is 0 Å². The molecule has 0 aromatic carbocycles. The van der Waals surface area contributed by atoms with Gasteiger partial charge in [-0.3, -0.25) is 0 Å². The highest BCUT2D eigenvalue weighted by Crippen LogP contribution is 2.04. The van der Waals surface area contributed by atoms with Gasteiger partial charge in [0.25, 0.3) is 0 Å². The van der Waals surface area contributed by atoms with Crippen LogP contribution in [0.15, 0.2) is 0 Å². The van der Waals surface area contributed by atoms with E-state index < -0.39 is 0 Å². The standard InChI is InChI=1S/C7H16O3/c1-6(8-2)5-7(9-3)10-4/h6-7H,5H2,1-4H3/t6-/m0/s1. The number of methoxy groups -OCH3 is 3. The molecule has 3 nitrogen and oxygen atoms in total. The van der Waals surface area contributed by atoms with E-state index in [1.165, 1.54) is 0 Å². The Balaban J connectivity index is 3.41. The minimum absolute atomic E-state index is 0.144. The third-order valence-electron chi connectivity index (χ3n) is 1.45. The summed E-state index contributed by atoms with van der Waals surface area (Å²) in [5.41, 5.74) is 0. The number of hydrogen-bond acceptors (Lipinski definition) is 3. The summed E-state index contributed by atoms with van der Waals surface area (Å²) >= 11 is 0. The van der Waals surface area contributed by atoms with Gasteiger partial charge in [-0.25, -0.2) is 0 Å². The van der Waals surface area contributed by atoms with E-state index in [1.807, 2.05) is 6.92 Å². The van der Waals surface area contributed by atoms with Crippen molar-refractivity contribution in [3.05, 3.63) is 0 Å². The van der Waals surface area contributed by atoms with Crippen LogP contribution < -0.4 is 0 Å². The average molecular weight is 148 g/mol. The van der Waals surface area contributed by atoms with Gasteiger partial charge in [-0.2, -0.15) is 0 Å². The zero-order valence-electron chi connectivity index (χ0n) is 7.09. The van der Waals surface area contributed by atoms with Crippen molar-refractivity contribution < 1.29 is 14.2 Å². The van der Waals surface area contributed by atoms with E-state index in [4.69, 9.17) is 14.2 Å². The maximum Gasteiger partial charge on any atom is 0.159 e. The van der Waals surface area contributed by atoms with Gasteiger partial charge < -0.3 is 14.2 Å². The molecule has 0 rings (SSSR count). The first kappa shape index (κ1) is 9.88. The SMILES string of the molecule is COC(C[C@H](C)OC)OC. The summed E-state index contributed by atoms with van der Waals surface area (Å²) < 4.78 is 15.0. The molecule has 0 amide bonds. The van der Waals surface area contributed by atoms with E-state index in [0.717, 1.165) is 6.42 Å². The maximum absolute atomic E-state index is 5.02. The Hall–Kier alpha value is -0.120. The zero-order valence-corrected chi connectivity index (χ0v) is 7.09. The first-order chi connectivity index (χ1) is 4.74. The average Bonchev–Trinajstić information content (AvgIpc) is 1.99. The van der Waals surface area contributed by atoms with Crippen LogP contribution in [-0.4, -0.2) is 33.7 Å². The molecule has 0 saturated heterocycles. The summed E-state index contributed by atoms with van der Waals surface area (Å²) in [4.78, 5) is 0. The highest BCUT2D eigenvalue weighted by Gasteiger charge is 2.09. The van der Waals surface area contributed by atoms with Crippen LogP contribution >= 0.6 is 0 Å². The molecule has 0 N–H and O–H groups in total. The fraction of sp³-hybridized carbons (Fsp3) is 1.00. The summed E-state index contributed by atoms with van der Waals surface area (Å²) in [6, 6.07) is 0. The Morgan fingerprint density at radius 3 is 1.80 bits per heavy atom. The second kappa shape index (κ2) is 5.65. The number of ether oxygens (including phenoxy) is 3. The van der Waals surface area contributed by atoms with Crippen molar-refractivity contribution in [2.45, 2.75) is 25.7 Å². The van der Waals surface area contributed by atoms with Gasteiger partial charge in [0, 0.05) is 27.8 Å². The third kappa shape index (κ3) is 3.82. The fourth-order valence-electron chi connectivity index (χ4n) is 0.656. The second-order valence-corrected chi connectivity index (χ2v) is 2.18. The van der Waals surface area contributed by atoms with Crippen LogP contribution in [0.1, 0.15) is 13.3 Å². The van der Waals surface area contributed by atoms with Crippen LogP contribution in [-0.2, 0) is 14.2 Å². The molecule has 0 radical (unpaired) electrons. The summed E-state index contributed by atoms with van der Waals surface area (Å²) in [5.74, 6) is 0. The molecular formula is C7H16O3. The monoisotopic (exact) mass is 148 g/mol. The molecule has 0 fully saturated rings. The van der Waals surface area contributed by atoms with E-state index in [2.05, 4.69) is 0 Å². The van der Waals surface area contributed by atoms with Crippen molar-refractivity contribution in [1.82, 2.24) is 0 Å². The van der Waals surface area contributed by atoms with Crippen molar-refractivity contribution in [2.75, 3.05) is 21.3 Å². The van der Waals surface area contributed by atoms with Crippen LogP contribution in [0.2, 0.25) is 0 Å². The highest BCUT2D eigenvalue weighted by molar-refractivity contribution is 4.51. The highest BCUT2D eigenvalue weighted by atomic mass is 16.7. The number of hydrogen-bond donors (Lipinski definition) is 0. The summed E-state index contributed by atoms with van der Waals surface area (Å²) in [6.07, 6.45) is 0.809. The van der Waals surface area contributed by atoms with Gasteiger partial charge in [0.05, 0.1) is 6.10 Å². The lowest BCUT2D eigenvalue weighted by molar-refractivity contribution is -0.123. The minimum atomic E-state index is -0.144. The van der Waals surface area contributed by atoms with Crippen molar-refractivity contribution in [1.29, 1.82) is 0 Å². The van der Waals surface area contributed by atoms with Crippen LogP contribution in [0, 0.1) is 0 Å². The normalized spacial score (nSPS) is 14.1. The van der Waals surface area contributed by atoms with Gasteiger partial charge in [0.15, 0.2) is 6.29 Å². The summed E-state index contributed by atoms with van der Waals surface area (Å²) in [7, 11) is 4.92. The van der Waals surface area contributed by atoms with Gasteiger partial charge >= 0.3 is 0 Å². The molecule has 0 aliphatic heterocycles. The van der Waals surface area contributed by atoms with E-state index in [-0.39, 0.29) is 12.4 Å². The van der Waals surface area contributed by atoms with Gasteiger partial charge in [0.2, 0.25) is 0 Å². The Labute approximate surface area is 62.3 Å². The Bertz CT molecular complexity index is 71.3. The van der Waals surface area contributed by atoms with Crippen LogP contribution in [0.25, 0.3) is 0 Å². The van der Waals surface area contributed by atoms with E-state index in [1.54, 1.807) is 21.3 Å². The third-order valence-corrected chi connectivity index (χ3v) is 1.45. The molecule has 0 aromatic heterocycles. The molecule has 0 heterocycles. The molecule has 0 saturated carbocycles. The predicted molar refractivity (Wildman–Crippen MR) is 38.9 cm³/mol. The Morgan fingerprint density at radius 2 is 1.50 bits per heavy atom. The molecule has 0 aliphatic rings. The first-order valence-electron chi connectivity index (χ1n) is 3.33. The molecule has 0 unspecified atom stereocenters. The molecule has 0 spiro atoms. The second-order valence-electron chi connectivity index (χ2n) is 2.18. The molecular weight excluding hydrogens is 132 g/mol. The van der Waals surface area contributed by atoms with Crippen molar-refractivity contribution in [3.8, 4) is 0 Å². The van der Waals surface area contributed by atoms with E-state index in [9.17, 15) is 0 Å². The minimum Gasteiger partial charge on any atom is -0.382 e. The summed E-state index contributed by atoms with van der Waals surface area (Å²) in [6.45, 7) is 1.98. The summed E-state index contributed by atoms with van der Waals surface area (Å²) in [5, 5.41) is 0. The van der Waals surface area contributed by atoms with Gasteiger partial charge in [-0.05, 0) is 6.92 Å². The molecule has 62 valence electrons. The maximum atomic E-state index is 5.02. The van der Waals surface area contributed by atoms with E-state index >= 15 is 0 Å². The van der Waals surface area contributed by atoms with Gasteiger partial charge in [-0.15, -0.1) is 0 Å². The molecule has 1 atom stereocenters. The molecule has 0 bridgehead atoms. The molecule has 0 aromatic rings. The van der Waals surface area contributed by atoms with Crippen molar-refractivity contribution in [2.24, 2.45) is 0 Å². The topological polar surface area (TPSA) is 27.7 Å². The number of rotatable bonds is 5. The smallest absolute Gasteiger partial charge is 0.159 e. The predicted octanol–water partition coefficient (Wildman–Crippen LogP) is 1.03. The molecule has 3 heteroatoms. The zero-order chi connectivity index (χ0) is 7.98. The van der Waals surface area contributed by atoms with E-state index in [0.29, 0.717) is 0 Å². The van der Waals surface area contributed by atoms with Crippen LogP contribution in [0.5, 0.6) is 0 Å². The fourth-order valence-corrected chi connectivity index (χ4v) is 0.656. The van der Waals surface area contributed by atoms with Gasteiger partial charge in [-0.1, -0.05) is 0 Å². The Morgan fingerprint density at radius 1 is 1.00 bits per heavy atom. The first-order valence-corrected chi connectivity index (χ1v) is 3.33. The molecule has 10 heavy (non-hydrogen) atoms. The quantitative estimate of drug-likeness (QED) is 0.545. The Kier molecular flexibility index (Phi) is 5.58. The largest absolute Gasteiger partial charge is 0.382 e. The van der Waals surface area contributed by atoms with Gasteiger partial charge in [0.1, 0.15) is 0 Å². The van der Waals surface area contributed by atoms with Crippen molar-refractivity contribution in [3.63, 3.8) is 0 Å². The van der Waals surface area contributed by atoms with Crippen LogP contribution in [0.3, 0.4) is 0 Å².